The molecule has 2 aromatic carbocycles. The third-order valence-electron chi connectivity index (χ3n) is 4.34. The van der Waals surface area contributed by atoms with Crippen LogP contribution in [0.25, 0.3) is 11.3 Å². The summed E-state index contributed by atoms with van der Waals surface area (Å²) in [4.78, 5) is 12.0. The molecule has 0 bridgehead atoms. The first-order valence-electron chi connectivity index (χ1n) is 9.37. The Hall–Kier alpha value is -3.54. The quantitative estimate of drug-likeness (QED) is 0.454. The van der Waals surface area contributed by atoms with Gasteiger partial charge in [0, 0.05) is 5.56 Å². The molecular weight excluding hydrogens is 368 g/mol. The van der Waals surface area contributed by atoms with E-state index in [0.29, 0.717) is 17.1 Å². The molecule has 0 spiro atoms. The number of benzene rings is 2. The number of carbonyl (C=O) groups excluding carboxylic acids is 1. The van der Waals surface area contributed by atoms with Gasteiger partial charge in [-0.3, -0.25) is 4.79 Å². The number of aryl methyl sites for hydroxylation is 1. The number of hydrogen-bond donors (Lipinski definition) is 2. The molecular formula is C23H24N2O4. The van der Waals surface area contributed by atoms with Crippen LogP contribution in [0.15, 0.2) is 64.1 Å². The number of carbonyl (C=O) groups is 1. The van der Waals surface area contributed by atoms with Gasteiger partial charge in [-0.15, -0.1) is 0 Å². The van der Waals surface area contributed by atoms with Crippen molar-refractivity contribution in [2.45, 2.75) is 26.7 Å². The molecule has 0 unspecified atom stereocenters. The van der Waals surface area contributed by atoms with Gasteiger partial charge in [-0.05, 0) is 36.1 Å². The fourth-order valence-corrected chi connectivity index (χ4v) is 2.83. The van der Waals surface area contributed by atoms with Crippen LogP contribution in [0.3, 0.4) is 0 Å². The second-order valence-electron chi connectivity index (χ2n) is 7.02. The molecule has 0 fully saturated rings. The van der Waals surface area contributed by atoms with E-state index in [1.54, 1.807) is 6.07 Å². The summed E-state index contributed by atoms with van der Waals surface area (Å²) in [5.74, 6) is 0.830. The fourth-order valence-electron chi connectivity index (χ4n) is 2.83. The zero-order valence-corrected chi connectivity index (χ0v) is 16.7. The molecule has 3 rings (SSSR count). The second-order valence-corrected chi connectivity index (χ2v) is 7.02. The van der Waals surface area contributed by atoms with Gasteiger partial charge in [-0.25, -0.2) is 5.43 Å². The standard InChI is InChI=1S/C23H24N2O4/c1-15(2)19-10-9-16(3)11-21(19)28-14-22(26)25-24-13-18-12-20(29-23(18)27)17-7-5-4-6-8-17/h4-13,15,27H,14H2,1-3H3,(H,25,26)/b24-13-. The Kier molecular flexibility index (Phi) is 6.34. The van der Waals surface area contributed by atoms with E-state index < -0.39 is 5.91 Å². The summed E-state index contributed by atoms with van der Waals surface area (Å²) in [5, 5.41) is 13.8. The van der Waals surface area contributed by atoms with Crippen LogP contribution in [0.4, 0.5) is 0 Å². The van der Waals surface area contributed by atoms with Gasteiger partial charge in [-0.2, -0.15) is 5.10 Å². The maximum Gasteiger partial charge on any atom is 0.291 e. The van der Waals surface area contributed by atoms with Crippen LogP contribution in [0.1, 0.15) is 36.5 Å². The lowest BCUT2D eigenvalue weighted by Gasteiger charge is -2.14. The molecule has 0 saturated carbocycles. The van der Waals surface area contributed by atoms with E-state index in [2.05, 4.69) is 24.4 Å². The first-order chi connectivity index (χ1) is 13.9. The highest BCUT2D eigenvalue weighted by molar-refractivity contribution is 5.86. The minimum Gasteiger partial charge on any atom is -0.483 e. The number of nitrogens with zero attached hydrogens (tertiary/aromatic N) is 1. The van der Waals surface area contributed by atoms with Gasteiger partial charge >= 0.3 is 0 Å². The summed E-state index contributed by atoms with van der Waals surface area (Å²) in [6.45, 7) is 5.96. The molecule has 6 heteroatoms. The average Bonchev–Trinajstić information content (AvgIpc) is 3.07. The molecule has 1 amide bonds. The van der Waals surface area contributed by atoms with E-state index in [9.17, 15) is 9.90 Å². The minimum absolute atomic E-state index is 0.160. The maximum atomic E-state index is 12.0. The molecule has 0 radical (unpaired) electrons. The van der Waals surface area contributed by atoms with Crippen molar-refractivity contribution in [1.29, 1.82) is 0 Å². The highest BCUT2D eigenvalue weighted by Gasteiger charge is 2.11. The van der Waals surface area contributed by atoms with Crippen molar-refractivity contribution in [3.05, 3.63) is 71.3 Å². The molecule has 1 aromatic heterocycles. The van der Waals surface area contributed by atoms with Gasteiger partial charge in [0.05, 0.1) is 11.8 Å². The Balaban J connectivity index is 1.58. The fraction of sp³-hybridized carbons (Fsp3) is 0.217. The van der Waals surface area contributed by atoms with Crippen molar-refractivity contribution in [3.63, 3.8) is 0 Å². The molecule has 0 aliphatic carbocycles. The van der Waals surface area contributed by atoms with Crippen molar-refractivity contribution >= 4 is 12.1 Å². The number of rotatable bonds is 7. The highest BCUT2D eigenvalue weighted by atomic mass is 16.5. The molecule has 0 aliphatic rings. The Morgan fingerprint density at radius 3 is 2.69 bits per heavy atom. The normalized spacial score (nSPS) is 11.2. The number of hydrazone groups is 1. The lowest BCUT2D eigenvalue weighted by atomic mass is 10.0. The van der Waals surface area contributed by atoms with E-state index in [1.165, 1.54) is 6.21 Å². The lowest BCUT2D eigenvalue weighted by molar-refractivity contribution is -0.123. The summed E-state index contributed by atoms with van der Waals surface area (Å²) in [6, 6.07) is 17.0. The molecule has 29 heavy (non-hydrogen) atoms. The van der Waals surface area contributed by atoms with Crippen LogP contribution in [-0.2, 0) is 4.79 Å². The van der Waals surface area contributed by atoms with Crippen LogP contribution in [0, 0.1) is 6.92 Å². The zero-order valence-electron chi connectivity index (χ0n) is 16.7. The van der Waals surface area contributed by atoms with E-state index in [0.717, 1.165) is 16.7 Å². The first-order valence-corrected chi connectivity index (χ1v) is 9.37. The zero-order chi connectivity index (χ0) is 20.8. The van der Waals surface area contributed by atoms with Crippen molar-refractivity contribution in [2.24, 2.45) is 5.10 Å². The van der Waals surface area contributed by atoms with E-state index in [-0.39, 0.29) is 18.5 Å². The largest absolute Gasteiger partial charge is 0.483 e. The van der Waals surface area contributed by atoms with Crippen molar-refractivity contribution in [1.82, 2.24) is 5.43 Å². The number of ether oxygens (including phenoxy) is 1. The molecule has 1 heterocycles. The van der Waals surface area contributed by atoms with Gasteiger partial charge in [0.25, 0.3) is 11.9 Å². The van der Waals surface area contributed by atoms with Crippen LogP contribution in [0.5, 0.6) is 11.7 Å². The lowest BCUT2D eigenvalue weighted by Crippen LogP contribution is -2.24. The summed E-state index contributed by atoms with van der Waals surface area (Å²) >= 11 is 0. The van der Waals surface area contributed by atoms with Crippen molar-refractivity contribution < 1.29 is 19.1 Å². The third-order valence-corrected chi connectivity index (χ3v) is 4.34. The third kappa shape index (κ3) is 5.25. The summed E-state index contributed by atoms with van der Waals surface area (Å²) in [7, 11) is 0. The van der Waals surface area contributed by atoms with Crippen molar-refractivity contribution in [2.75, 3.05) is 6.61 Å². The molecule has 3 aromatic rings. The van der Waals surface area contributed by atoms with E-state index in [1.807, 2.05) is 55.5 Å². The van der Waals surface area contributed by atoms with Gasteiger partial charge in [0.1, 0.15) is 11.5 Å². The molecule has 0 aliphatic heterocycles. The Bertz CT molecular complexity index is 1010. The van der Waals surface area contributed by atoms with Crippen LogP contribution in [0.2, 0.25) is 0 Å². The Labute approximate surface area is 169 Å². The summed E-state index contributed by atoms with van der Waals surface area (Å²) < 4.78 is 11.0. The molecule has 0 atom stereocenters. The molecule has 6 nitrogen and oxygen atoms in total. The van der Waals surface area contributed by atoms with Crippen LogP contribution in [-0.4, -0.2) is 23.8 Å². The molecule has 2 N–H and O–H groups in total. The number of furan rings is 1. The van der Waals surface area contributed by atoms with Gasteiger partial charge in [-0.1, -0.05) is 56.3 Å². The van der Waals surface area contributed by atoms with Crippen LogP contribution < -0.4 is 10.2 Å². The SMILES string of the molecule is Cc1ccc(C(C)C)c(OCC(=O)N/N=C\c2cc(-c3ccccc3)oc2O)c1. The number of aromatic hydroxyl groups is 1. The number of amides is 1. The monoisotopic (exact) mass is 392 g/mol. The maximum absolute atomic E-state index is 12.0. The van der Waals surface area contributed by atoms with E-state index >= 15 is 0 Å². The van der Waals surface area contributed by atoms with Gasteiger partial charge in [0.2, 0.25) is 0 Å². The van der Waals surface area contributed by atoms with Gasteiger partial charge < -0.3 is 14.3 Å². The molecule has 0 saturated heterocycles. The van der Waals surface area contributed by atoms with E-state index in [4.69, 9.17) is 9.15 Å². The smallest absolute Gasteiger partial charge is 0.291 e. The van der Waals surface area contributed by atoms with Crippen LogP contribution >= 0.6 is 0 Å². The summed E-state index contributed by atoms with van der Waals surface area (Å²) in [5.41, 5.74) is 5.70. The highest BCUT2D eigenvalue weighted by Crippen LogP contribution is 2.29. The number of nitrogens with one attached hydrogen (secondary N) is 1. The Morgan fingerprint density at radius 2 is 1.97 bits per heavy atom. The predicted octanol–water partition coefficient (Wildman–Crippen LogP) is 4.61. The molecule has 150 valence electrons. The first kappa shape index (κ1) is 20.2. The minimum atomic E-state index is -0.399. The predicted molar refractivity (Wildman–Crippen MR) is 112 cm³/mol. The second kappa shape index (κ2) is 9.10. The average molecular weight is 392 g/mol. The van der Waals surface area contributed by atoms with Gasteiger partial charge in [0.15, 0.2) is 6.61 Å². The van der Waals surface area contributed by atoms with Crippen molar-refractivity contribution in [3.8, 4) is 23.0 Å². The number of hydrogen-bond acceptors (Lipinski definition) is 5. The summed E-state index contributed by atoms with van der Waals surface area (Å²) in [6.07, 6.45) is 1.33. The topological polar surface area (TPSA) is 84.1 Å². The Morgan fingerprint density at radius 1 is 1.21 bits per heavy atom.